The van der Waals surface area contributed by atoms with Crippen molar-refractivity contribution < 1.29 is 14.3 Å². The second-order valence-electron chi connectivity index (χ2n) is 6.01. The van der Waals surface area contributed by atoms with Gasteiger partial charge in [-0.25, -0.2) is 0 Å². The number of nitrogens with zero attached hydrogens (tertiary/aromatic N) is 1. The molecule has 2 rings (SSSR count). The van der Waals surface area contributed by atoms with E-state index in [1.165, 1.54) is 0 Å². The Morgan fingerprint density at radius 2 is 2.05 bits per heavy atom. The summed E-state index contributed by atoms with van der Waals surface area (Å²) in [5.41, 5.74) is 0.141. The van der Waals surface area contributed by atoms with Crippen LogP contribution in [0.5, 0.6) is 0 Å². The molecule has 1 heterocycles. The molecule has 0 radical (unpaired) electrons. The van der Waals surface area contributed by atoms with Crippen molar-refractivity contribution >= 4 is 11.8 Å². The van der Waals surface area contributed by atoms with Gasteiger partial charge in [-0.3, -0.25) is 9.59 Å². The van der Waals surface area contributed by atoms with Crippen LogP contribution in [0.3, 0.4) is 0 Å². The average molecular weight is 304 g/mol. The van der Waals surface area contributed by atoms with Crippen LogP contribution in [0.1, 0.15) is 30.1 Å². The number of ether oxygens (including phenoxy) is 1. The van der Waals surface area contributed by atoms with Gasteiger partial charge in [0, 0.05) is 32.3 Å². The van der Waals surface area contributed by atoms with E-state index < -0.39 is 5.41 Å². The first-order valence-corrected chi connectivity index (χ1v) is 7.68. The van der Waals surface area contributed by atoms with Gasteiger partial charge in [0.1, 0.15) is 0 Å². The van der Waals surface area contributed by atoms with Gasteiger partial charge in [-0.2, -0.15) is 0 Å². The summed E-state index contributed by atoms with van der Waals surface area (Å²) in [6.45, 7) is 4.08. The number of benzene rings is 1. The normalized spacial score (nSPS) is 21.5. The number of carbonyl (C=O) groups excluding carboxylic acids is 2. The van der Waals surface area contributed by atoms with Crippen molar-refractivity contribution in [3.05, 3.63) is 35.9 Å². The Balaban J connectivity index is 2.01. The molecular weight excluding hydrogens is 280 g/mol. The molecule has 120 valence electrons. The molecule has 2 amide bonds. The molecular formula is C17H24N2O3. The van der Waals surface area contributed by atoms with Crippen molar-refractivity contribution in [1.82, 2.24) is 10.2 Å². The molecule has 0 aromatic heterocycles. The average Bonchev–Trinajstić information content (AvgIpc) is 2.55. The zero-order chi connectivity index (χ0) is 16.0. The Hall–Kier alpha value is -1.88. The van der Waals surface area contributed by atoms with Gasteiger partial charge in [-0.05, 0) is 31.9 Å². The molecule has 1 aliphatic rings. The Bertz CT molecular complexity index is 518. The van der Waals surface area contributed by atoms with E-state index in [-0.39, 0.29) is 11.8 Å². The molecule has 1 unspecified atom stereocenters. The van der Waals surface area contributed by atoms with Crippen LogP contribution in [0.15, 0.2) is 30.3 Å². The molecule has 0 saturated carbocycles. The lowest BCUT2D eigenvalue weighted by Gasteiger charge is -2.39. The third-order valence-electron chi connectivity index (χ3n) is 4.14. The van der Waals surface area contributed by atoms with Gasteiger partial charge >= 0.3 is 0 Å². The summed E-state index contributed by atoms with van der Waals surface area (Å²) in [6, 6.07) is 9.22. The maximum Gasteiger partial charge on any atom is 0.253 e. The smallest absolute Gasteiger partial charge is 0.253 e. The molecule has 1 aliphatic heterocycles. The number of nitrogens with one attached hydrogen (secondary N) is 1. The van der Waals surface area contributed by atoms with Crippen molar-refractivity contribution in [3.8, 4) is 0 Å². The van der Waals surface area contributed by atoms with Crippen LogP contribution in [0.2, 0.25) is 0 Å². The summed E-state index contributed by atoms with van der Waals surface area (Å²) >= 11 is 0. The third kappa shape index (κ3) is 3.85. The summed E-state index contributed by atoms with van der Waals surface area (Å²) in [5.74, 6) is -0.00803. The minimum atomic E-state index is -0.531. The number of rotatable bonds is 5. The fraction of sp³-hybridized carbons (Fsp3) is 0.529. The van der Waals surface area contributed by atoms with E-state index in [9.17, 15) is 9.59 Å². The van der Waals surface area contributed by atoms with Crippen LogP contribution in [0.4, 0.5) is 0 Å². The number of hydrogen-bond donors (Lipinski definition) is 1. The van der Waals surface area contributed by atoms with E-state index in [4.69, 9.17) is 4.74 Å². The van der Waals surface area contributed by atoms with Crippen LogP contribution in [-0.4, -0.2) is 50.1 Å². The molecule has 0 spiro atoms. The molecule has 1 atom stereocenters. The highest BCUT2D eigenvalue weighted by atomic mass is 16.5. The first kappa shape index (κ1) is 16.5. The molecule has 0 bridgehead atoms. The lowest BCUT2D eigenvalue weighted by molar-refractivity contribution is -0.132. The second kappa shape index (κ2) is 7.40. The van der Waals surface area contributed by atoms with Crippen LogP contribution in [0, 0.1) is 5.41 Å². The largest absolute Gasteiger partial charge is 0.383 e. The monoisotopic (exact) mass is 304 g/mol. The molecule has 22 heavy (non-hydrogen) atoms. The second-order valence-corrected chi connectivity index (χ2v) is 6.01. The molecule has 0 aliphatic carbocycles. The predicted molar refractivity (Wildman–Crippen MR) is 84.6 cm³/mol. The van der Waals surface area contributed by atoms with E-state index in [1.807, 2.05) is 37.3 Å². The standard InChI is InChI=1S/C17H24N2O3/c1-17(16(21)18-10-12-22-2)9-6-11-19(13-17)15(20)14-7-4-3-5-8-14/h3-5,7-8H,6,9-13H2,1-2H3,(H,18,21). The van der Waals surface area contributed by atoms with Crippen molar-refractivity contribution in [2.75, 3.05) is 33.4 Å². The summed E-state index contributed by atoms with van der Waals surface area (Å²) in [4.78, 5) is 26.7. The molecule has 1 aromatic carbocycles. The lowest BCUT2D eigenvalue weighted by atomic mass is 9.80. The topological polar surface area (TPSA) is 58.6 Å². The van der Waals surface area contributed by atoms with Gasteiger partial charge in [0.05, 0.1) is 12.0 Å². The molecule has 1 aromatic rings. The van der Waals surface area contributed by atoms with E-state index >= 15 is 0 Å². The van der Waals surface area contributed by atoms with Gasteiger partial charge < -0.3 is 15.0 Å². The predicted octanol–water partition coefficient (Wildman–Crippen LogP) is 1.69. The van der Waals surface area contributed by atoms with Gasteiger partial charge in [0.25, 0.3) is 5.91 Å². The molecule has 5 heteroatoms. The van der Waals surface area contributed by atoms with E-state index in [1.54, 1.807) is 12.0 Å². The SMILES string of the molecule is COCCNC(=O)C1(C)CCCN(C(=O)c2ccccc2)C1. The Labute approximate surface area is 131 Å². The summed E-state index contributed by atoms with van der Waals surface area (Å²) in [6.07, 6.45) is 1.64. The van der Waals surface area contributed by atoms with Crippen molar-refractivity contribution in [2.45, 2.75) is 19.8 Å². The Kier molecular flexibility index (Phi) is 5.55. The minimum absolute atomic E-state index is 0.00350. The van der Waals surface area contributed by atoms with Crippen LogP contribution < -0.4 is 5.32 Å². The van der Waals surface area contributed by atoms with Crippen molar-refractivity contribution in [1.29, 1.82) is 0 Å². The van der Waals surface area contributed by atoms with Gasteiger partial charge in [0.2, 0.25) is 5.91 Å². The van der Waals surface area contributed by atoms with Crippen LogP contribution in [0.25, 0.3) is 0 Å². The molecule has 1 N–H and O–H groups in total. The number of likely N-dealkylation sites (tertiary alicyclic amines) is 1. The van der Waals surface area contributed by atoms with Crippen molar-refractivity contribution in [3.63, 3.8) is 0 Å². The maximum atomic E-state index is 12.5. The molecule has 1 saturated heterocycles. The number of carbonyl (C=O) groups is 2. The van der Waals surface area contributed by atoms with Gasteiger partial charge in [-0.1, -0.05) is 18.2 Å². The highest BCUT2D eigenvalue weighted by Gasteiger charge is 2.39. The zero-order valence-electron chi connectivity index (χ0n) is 13.3. The summed E-state index contributed by atoms with van der Waals surface area (Å²) < 4.78 is 4.95. The van der Waals surface area contributed by atoms with Crippen LogP contribution in [-0.2, 0) is 9.53 Å². The highest BCUT2D eigenvalue weighted by molar-refractivity contribution is 5.95. The first-order valence-electron chi connectivity index (χ1n) is 7.68. The minimum Gasteiger partial charge on any atom is -0.383 e. The van der Waals surface area contributed by atoms with Gasteiger partial charge in [0.15, 0.2) is 0 Å². The summed E-state index contributed by atoms with van der Waals surface area (Å²) in [5, 5.41) is 2.89. The lowest BCUT2D eigenvalue weighted by Crippen LogP contribution is -2.52. The Morgan fingerprint density at radius 1 is 1.32 bits per heavy atom. The quantitative estimate of drug-likeness (QED) is 0.842. The molecule has 5 nitrogen and oxygen atoms in total. The Morgan fingerprint density at radius 3 is 2.73 bits per heavy atom. The fourth-order valence-electron chi connectivity index (χ4n) is 2.84. The van der Waals surface area contributed by atoms with E-state index in [0.29, 0.717) is 31.8 Å². The number of piperidine rings is 1. The van der Waals surface area contributed by atoms with Crippen molar-refractivity contribution in [2.24, 2.45) is 5.41 Å². The summed E-state index contributed by atoms with van der Waals surface area (Å²) in [7, 11) is 1.61. The van der Waals surface area contributed by atoms with E-state index in [0.717, 1.165) is 12.8 Å². The van der Waals surface area contributed by atoms with Crippen LogP contribution >= 0.6 is 0 Å². The number of amides is 2. The third-order valence-corrected chi connectivity index (χ3v) is 4.14. The maximum absolute atomic E-state index is 12.5. The molecule has 1 fully saturated rings. The number of methoxy groups -OCH3 is 1. The number of hydrogen-bond acceptors (Lipinski definition) is 3. The highest BCUT2D eigenvalue weighted by Crippen LogP contribution is 2.30. The van der Waals surface area contributed by atoms with Gasteiger partial charge in [-0.15, -0.1) is 0 Å². The first-order chi connectivity index (χ1) is 10.6. The van der Waals surface area contributed by atoms with E-state index in [2.05, 4.69) is 5.32 Å². The zero-order valence-corrected chi connectivity index (χ0v) is 13.3. The fourth-order valence-corrected chi connectivity index (χ4v) is 2.84.